The second-order valence-corrected chi connectivity index (χ2v) is 8.48. The molecule has 1 atom stereocenters. The predicted octanol–water partition coefficient (Wildman–Crippen LogP) is 3.74. The molecule has 2 N–H and O–H groups in total. The molecule has 1 aliphatic heterocycles. The number of hydrogen-bond acceptors (Lipinski definition) is 5. The number of likely N-dealkylation sites (tertiary alicyclic amines) is 1. The Kier molecular flexibility index (Phi) is 6.85. The van der Waals surface area contributed by atoms with Crippen LogP contribution in [0.3, 0.4) is 0 Å². The van der Waals surface area contributed by atoms with Gasteiger partial charge >= 0.3 is 6.03 Å². The van der Waals surface area contributed by atoms with Crippen LogP contribution < -0.4 is 10.6 Å². The van der Waals surface area contributed by atoms with E-state index in [9.17, 15) is 9.59 Å². The summed E-state index contributed by atoms with van der Waals surface area (Å²) in [6, 6.07) is 6.90. The molecule has 7 nitrogen and oxygen atoms in total. The summed E-state index contributed by atoms with van der Waals surface area (Å²) in [7, 11) is 0. The molecule has 2 aromatic rings. The van der Waals surface area contributed by atoms with Crippen molar-refractivity contribution >= 4 is 40.0 Å². The molecule has 0 spiro atoms. The molecule has 3 rings (SSSR count). The monoisotopic (exact) mass is 421 g/mol. The van der Waals surface area contributed by atoms with Crippen molar-refractivity contribution in [3.63, 3.8) is 0 Å². The molecule has 0 radical (unpaired) electrons. The molecule has 0 unspecified atom stereocenters. The Labute approximate surface area is 173 Å². The first-order valence-electron chi connectivity index (χ1n) is 9.32. The zero-order valence-corrected chi connectivity index (χ0v) is 17.5. The SMILES string of the molecule is CC(C)[C@@H](NC(=O)Nc1nncs1)C(=O)N1CCC(c2ccc(Cl)cc2)CC1. The molecule has 1 fully saturated rings. The summed E-state index contributed by atoms with van der Waals surface area (Å²) in [5, 5.41) is 14.0. The van der Waals surface area contributed by atoms with Crippen molar-refractivity contribution in [2.75, 3.05) is 18.4 Å². The Morgan fingerprint density at radius 3 is 2.46 bits per heavy atom. The number of hydrogen-bond donors (Lipinski definition) is 2. The molecule has 9 heteroatoms. The molecule has 0 aliphatic carbocycles. The van der Waals surface area contributed by atoms with Gasteiger partial charge in [-0.05, 0) is 42.4 Å². The highest BCUT2D eigenvalue weighted by molar-refractivity contribution is 7.13. The molecule has 28 heavy (non-hydrogen) atoms. The quantitative estimate of drug-likeness (QED) is 0.769. The van der Waals surface area contributed by atoms with Gasteiger partial charge in [0.15, 0.2) is 0 Å². The number of benzene rings is 1. The Morgan fingerprint density at radius 2 is 1.89 bits per heavy atom. The highest BCUT2D eigenvalue weighted by Gasteiger charge is 2.31. The van der Waals surface area contributed by atoms with Crippen LogP contribution in [-0.2, 0) is 4.79 Å². The third-order valence-corrected chi connectivity index (χ3v) is 5.81. The summed E-state index contributed by atoms with van der Waals surface area (Å²) >= 11 is 7.19. The average molecular weight is 422 g/mol. The van der Waals surface area contributed by atoms with E-state index in [0.717, 1.165) is 17.9 Å². The standard InChI is InChI=1S/C19H24ClN5O2S/c1-12(2)16(22-18(27)23-19-24-21-11-28-19)17(26)25-9-7-14(8-10-25)13-3-5-15(20)6-4-13/h3-6,11-12,14,16H,7-10H2,1-2H3,(H2,22,23,24,27)/t16-/m1/s1. The van der Waals surface area contributed by atoms with Crippen LogP contribution >= 0.6 is 22.9 Å². The van der Waals surface area contributed by atoms with Gasteiger partial charge in [0.05, 0.1) is 0 Å². The van der Waals surface area contributed by atoms with E-state index in [1.165, 1.54) is 22.4 Å². The highest BCUT2D eigenvalue weighted by atomic mass is 35.5. The summed E-state index contributed by atoms with van der Waals surface area (Å²) in [6.45, 7) is 5.20. The second kappa shape index (κ2) is 9.34. The maximum atomic E-state index is 13.0. The van der Waals surface area contributed by atoms with E-state index in [4.69, 9.17) is 11.6 Å². The van der Waals surface area contributed by atoms with Crippen LogP contribution in [0.2, 0.25) is 5.02 Å². The molecular formula is C19H24ClN5O2S. The first-order chi connectivity index (χ1) is 13.4. The summed E-state index contributed by atoms with van der Waals surface area (Å²) in [6.07, 6.45) is 1.80. The van der Waals surface area contributed by atoms with Gasteiger partial charge in [-0.25, -0.2) is 4.79 Å². The second-order valence-electron chi connectivity index (χ2n) is 7.22. The lowest BCUT2D eigenvalue weighted by Crippen LogP contribution is -2.53. The van der Waals surface area contributed by atoms with Gasteiger partial charge in [0.1, 0.15) is 11.6 Å². The summed E-state index contributed by atoms with van der Waals surface area (Å²) in [5.74, 6) is 0.353. The molecule has 2 heterocycles. The van der Waals surface area contributed by atoms with Gasteiger partial charge in [-0.3, -0.25) is 10.1 Å². The molecule has 1 saturated heterocycles. The van der Waals surface area contributed by atoms with Crippen molar-refractivity contribution in [2.24, 2.45) is 5.92 Å². The molecule has 1 aromatic heterocycles. The number of aromatic nitrogens is 2. The molecule has 0 bridgehead atoms. The van der Waals surface area contributed by atoms with Crippen LogP contribution in [0.4, 0.5) is 9.93 Å². The molecule has 1 aliphatic rings. The van der Waals surface area contributed by atoms with Crippen LogP contribution in [0, 0.1) is 5.92 Å². The topological polar surface area (TPSA) is 87.2 Å². The molecule has 150 valence electrons. The molecule has 0 saturated carbocycles. The fraction of sp³-hybridized carbons (Fsp3) is 0.474. The number of anilines is 1. The van der Waals surface area contributed by atoms with Crippen molar-refractivity contribution in [3.05, 3.63) is 40.4 Å². The lowest BCUT2D eigenvalue weighted by molar-refractivity contribution is -0.135. The van der Waals surface area contributed by atoms with E-state index in [0.29, 0.717) is 24.1 Å². The van der Waals surface area contributed by atoms with E-state index in [1.807, 2.05) is 30.9 Å². The van der Waals surface area contributed by atoms with E-state index in [1.54, 1.807) is 0 Å². The van der Waals surface area contributed by atoms with Crippen molar-refractivity contribution in [1.29, 1.82) is 0 Å². The normalized spacial score (nSPS) is 16.1. The highest BCUT2D eigenvalue weighted by Crippen LogP contribution is 2.29. The fourth-order valence-electron chi connectivity index (χ4n) is 3.38. The number of piperidine rings is 1. The van der Waals surface area contributed by atoms with E-state index in [-0.39, 0.29) is 11.8 Å². The Bertz CT molecular complexity index is 789. The minimum absolute atomic E-state index is 0.0262. The Hall–Kier alpha value is -2.19. The van der Waals surface area contributed by atoms with Gasteiger partial charge < -0.3 is 10.2 Å². The number of halogens is 1. The van der Waals surface area contributed by atoms with E-state index < -0.39 is 12.1 Å². The fourth-order valence-corrected chi connectivity index (χ4v) is 3.95. The Morgan fingerprint density at radius 1 is 1.21 bits per heavy atom. The number of rotatable bonds is 5. The van der Waals surface area contributed by atoms with Gasteiger partial charge in [0.2, 0.25) is 11.0 Å². The molecule has 1 aromatic carbocycles. The average Bonchev–Trinajstić information content (AvgIpc) is 3.19. The number of nitrogens with one attached hydrogen (secondary N) is 2. The largest absolute Gasteiger partial charge is 0.341 e. The van der Waals surface area contributed by atoms with Crippen molar-refractivity contribution in [3.8, 4) is 0 Å². The minimum atomic E-state index is -0.583. The van der Waals surface area contributed by atoms with Gasteiger partial charge in [0, 0.05) is 18.1 Å². The number of nitrogens with zero attached hydrogens (tertiary/aromatic N) is 3. The summed E-state index contributed by atoms with van der Waals surface area (Å²) < 4.78 is 0. The van der Waals surface area contributed by atoms with E-state index in [2.05, 4.69) is 33.0 Å². The lowest BCUT2D eigenvalue weighted by atomic mass is 9.89. The smallest absolute Gasteiger partial charge is 0.321 e. The lowest BCUT2D eigenvalue weighted by Gasteiger charge is -2.35. The third kappa shape index (κ3) is 5.20. The van der Waals surface area contributed by atoms with Crippen LogP contribution in [0.5, 0.6) is 0 Å². The predicted molar refractivity (Wildman–Crippen MR) is 111 cm³/mol. The van der Waals surface area contributed by atoms with E-state index >= 15 is 0 Å². The third-order valence-electron chi connectivity index (χ3n) is 4.95. The van der Waals surface area contributed by atoms with Crippen molar-refractivity contribution in [2.45, 2.75) is 38.6 Å². The number of carbonyl (C=O) groups excluding carboxylic acids is 2. The van der Waals surface area contributed by atoms with Gasteiger partial charge in [0.25, 0.3) is 0 Å². The number of amides is 3. The van der Waals surface area contributed by atoms with Crippen LogP contribution in [0.1, 0.15) is 38.2 Å². The maximum Gasteiger partial charge on any atom is 0.321 e. The zero-order valence-electron chi connectivity index (χ0n) is 15.9. The van der Waals surface area contributed by atoms with Crippen LogP contribution in [0.25, 0.3) is 0 Å². The summed E-state index contributed by atoms with van der Waals surface area (Å²) in [4.78, 5) is 27.1. The number of carbonyl (C=O) groups is 2. The van der Waals surface area contributed by atoms with Gasteiger partial charge in [-0.1, -0.05) is 48.9 Å². The summed E-state index contributed by atoms with van der Waals surface area (Å²) in [5.41, 5.74) is 2.79. The van der Waals surface area contributed by atoms with Crippen molar-refractivity contribution in [1.82, 2.24) is 20.4 Å². The Balaban J connectivity index is 1.56. The zero-order chi connectivity index (χ0) is 20.1. The first-order valence-corrected chi connectivity index (χ1v) is 10.6. The van der Waals surface area contributed by atoms with Crippen LogP contribution in [-0.4, -0.2) is 46.2 Å². The minimum Gasteiger partial charge on any atom is -0.341 e. The first kappa shape index (κ1) is 20.5. The maximum absolute atomic E-state index is 13.0. The van der Waals surface area contributed by atoms with Crippen molar-refractivity contribution < 1.29 is 9.59 Å². The molecular weight excluding hydrogens is 398 g/mol. The van der Waals surface area contributed by atoms with Gasteiger partial charge in [-0.15, -0.1) is 10.2 Å². The van der Waals surface area contributed by atoms with Gasteiger partial charge in [-0.2, -0.15) is 0 Å². The number of urea groups is 1. The molecule has 3 amide bonds. The van der Waals surface area contributed by atoms with Crippen LogP contribution in [0.15, 0.2) is 29.8 Å².